The van der Waals surface area contributed by atoms with Crippen molar-refractivity contribution < 1.29 is 0 Å². The Kier molecular flexibility index (Phi) is 5.86. The summed E-state index contributed by atoms with van der Waals surface area (Å²) < 4.78 is 1.30. The van der Waals surface area contributed by atoms with Gasteiger partial charge < -0.3 is 0 Å². The molecule has 0 nitrogen and oxygen atoms in total. The zero-order valence-electron chi connectivity index (χ0n) is 10.6. The molecule has 0 heterocycles. The second-order valence-electron chi connectivity index (χ2n) is 4.29. The molecule has 0 N–H and O–H groups in total. The summed E-state index contributed by atoms with van der Waals surface area (Å²) in [5.41, 5.74) is 4.28. The fraction of sp³-hybridized carbons (Fsp3) is 0.250. The maximum absolute atomic E-state index is 2.26. The van der Waals surface area contributed by atoms with E-state index in [-0.39, 0.29) is 0 Å². The van der Waals surface area contributed by atoms with Crippen LogP contribution in [0.15, 0.2) is 54.6 Å². The van der Waals surface area contributed by atoms with Crippen LogP contribution >= 0.6 is 11.8 Å². The van der Waals surface area contributed by atoms with Gasteiger partial charge in [-0.2, -0.15) is 0 Å². The molecule has 0 bridgehead atoms. The van der Waals surface area contributed by atoms with E-state index in [4.69, 9.17) is 0 Å². The van der Waals surface area contributed by atoms with Gasteiger partial charge in [0.2, 0.25) is 0 Å². The molecule has 0 saturated carbocycles. The van der Waals surface area contributed by atoms with Crippen LogP contribution in [-0.2, 0) is 11.1 Å². The maximum atomic E-state index is 2.26. The van der Waals surface area contributed by atoms with E-state index in [0.717, 1.165) is 5.75 Å². The van der Waals surface area contributed by atoms with Crippen LogP contribution in [0.2, 0.25) is 0 Å². The average molecular weight is 321 g/mol. The van der Waals surface area contributed by atoms with Gasteiger partial charge in [0.25, 0.3) is 0 Å². The third-order valence-corrected chi connectivity index (χ3v) is 6.76. The van der Waals surface area contributed by atoms with E-state index in [1.165, 1.54) is 26.7 Å². The van der Waals surface area contributed by atoms with Crippen LogP contribution in [0.5, 0.6) is 0 Å². The third-order valence-electron chi connectivity index (χ3n) is 2.67. The molecule has 0 radical (unpaired) electrons. The quantitative estimate of drug-likeness (QED) is 0.570. The second kappa shape index (κ2) is 7.68. The van der Waals surface area contributed by atoms with Crippen molar-refractivity contribution >= 4 is 26.7 Å². The molecule has 94 valence electrons. The molecule has 0 atom stereocenters. The topological polar surface area (TPSA) is 0 Å². The number of aryl methyl sites for hydroxylation is 1. The van der Waals surface area contributed by atoms with Gasteiger partial charge in [0.05, 0.1) is 0 Å². The molecule has 0 saturated heterocycles. The van der Waals surface area contributed by atoms with Gasteiger partial charge in [-0.05, 0) is 0 Å². The van der Waals surface area contributed by atoms with Crippen LogP contribution in [0.4, 0.5) is 0 Å². The van der Waals surface area contributed by atoms with Crippen LogP contribution in [0, 0.1) is 6.92 Å². The monoisotopic (exact) mass is 322 g/mol. The summed E-state index contributed by atoms with van der Waals surface area (Å²) >= 11 is 2.77. The van der Waals surface area contributed by atoms with Crippen molar-refractivity contribution in [2.75, 3.05) is 4.65 Å². The predicted octanol–water partition coefficient (Wildman–Crippen LogP) is 4.09. The van der Waals surface area contributed by atoms with E-state index in [9.17, 15) is 0 Å². The summed E-state index contributed by atoms with van der Waals surface area (Å²) in [6, 6.07) is 19.7. The number of benzene rings is 2. The molecule has 0 fully saturated rings. The first-order valence-corrected chi connectivity index (χ1v) is 9.67. The van der Waals surface area contributed by atoms with Crippen LogP contribution in [-0.4, -0.2) is 19.6 Å². The van der Waals surface area contributed by atoms with E-state index in [1.807, 2.05) is 0 Å². The predicted molar refractivity (Wildman–Crippen MR) is 83.2 cm³/mol. The molecular weight excluding hydrogens is 303 g/mol. The van der Waals surface area contributed by atoms with Crippen molar-refractivity contribution in [1.29, 1.82) is 0 Å². The van der Waals surface area contributed by atoms with Crippen molar-refractivity contribution in [1.82, 2.24) is 0 Å². The number of rotatable bonds is 6. The summed E-state index contributed by atoms with van der Waals surface area (Å²) in [5.74, 6) is 1.15. The van der Waals surface area contributed by atoms with Gasteiger partial charge in [0.15, 0.2) is 0 Å². The first-order valence-electron chi connectivity index (χ1n) is 6.09. The summed E-state index contributed by atoms with van der Waals surface area (Å²) in [6.07, 6.45) is 0. The first kappa shape index (κ1) is 13.7. The molecule has 2 aromatic carbocycles. The van der Waals surface area contributed by atoms with Crippen LogP contribution in [0.25, 0.3) is 0 Å². The number of hydrogen-bond acceptors (Lipinski definition) is 1. The summed E-state index contributed by atoms with van der Waals surface area (Å²) in [4.78, 5) is 0. The van der Waals surface area contributed by atoms with Gasteiger partial charge in [0.1, 0.15) is 0 Å². The van der Waals surface area contributed by atoms with E-state index < -0.39 is 0 Å². The minimum absolute atomic E-state index is 0.717. The molecule has 2 rings (SSSR count). The standard InChI is InChI=1S/C16H18SSe/c1-14-7-9-16(10-8-14)12-18-13-17-11-15-5-3-2-4-6-15/h2-10H,11-13H2,1H3. The molecule has 0 unspecified atom stereocenters. The number of hydrogen-bond donors (Lipinski definition) is 0. The summed E-state index contributed by atoms with van der Waals surface area (Å²) in [6.45, 7) is 2.14. The van der Waals surface area contributed by atoms with Crippen molar-refractivity contribution in [2.24, 2.45) is 0 Å². The van der Waals surface area contributed by atoms with E-state index >= 15 is 0 Å². The Morgan fingerprint density at radius 2 is 1.61 bits per heavy atom. The second-order valence-corrected chi connectivity index (χ2v) is 8.16. The van der Waals surface area contributed by atoms with Crippen molar-refractivity contribution in [3.63, 3.8) is 0 Å². The molecule has 0 spiro atoms. The van der Waals surface area contributed by atoms with E-state index in [2.05, 4.69) is 73.3 Å². The van der Waals surface area contributed by atoms with Crippen LogP contribution < -0.4 is 0 Å². The zero-order chi connectivity index (χ0) is 12.6. The Labute approximate surface area is 120 Å². The Bertz CT molecular complexity index is 450. The SMILES string of the molecule is Cc1ccc(C[Se]CSCc2ccccc2)cc1. The zero-order valence-corrected chi connectivity index (χ0v) is 13.2. The van der Waals surface area contributed by atoms with Gasteiger partial charge in [0, 0.05) is 0 Å². The van der Waals surface area contributed by atoms with Crippen LogP contribution in [0.3, 0.4) is 0 Å². The van der Waals surface area contributed by atoms with Gasteiger partial charge in [-0.25, -0.2) is 0 Å². The van der Waals surface area contributed by atoms with Gasteiger partial charge in [-0.1, -0.05) is 0 Å². The first-order chi connectivity index (χ1) is 8.84. The molecule has 0 amide bonds. The fourth-order valence-electron chi connectivity index (χ4n) is 1.64. The Balaban J connectivity index is 1.63. The number of thioether (sulfide) groups is 1. The fourth-order valence-corrected chi connectivity index (χ4v) is 5.04. The van der Waals surface area contributed by atoms with Crippen molar-refractivity contribution in [3.05, 3.63) is 71.3 Å². The third kappa shape index (κ3) is 4.89. The van der Waals surface area contributed by atoms with Crippen molar-refractivity contribution in [2.45, 2.75) is 18.0 Å². The van der Waals surface area contributed by atoms with E-state index in [1.54, 1.807) is 0 Å². The Hall–Kier alpha value is -0.691. The molecule has 0 aliphatic heterocycles. The normalized spacial score (nSPS) is 10.5. The van der Waals surface area contributed by atoms with E-state index in [0.29, 0.717) is 15.0 Å². The molecule has 0 aromatic heterocycles. The van der Waals surface area contributed by atoms with Gasteiger partial charge in [-0.3, -0.25) is 0 Å². The summed E-state index contributed by atoms with van der Waals surface area (Å²) in [5, 5.41) is 1.26. The van der Waals surface area contributed by atoms with Crippen molar-refractivity contribution in [3.8, 4) is 0 Å². The summed E-state index contributed by atoms with van der Waals surface area (Å²) in [7, 11) is 0. The average Bonchev–Trinajstić information content (AvgIpc) is 2.42. The molecule has 0 aliphatic carbocycles. The van der Waals surface area contributed by atoms with Gasteiger partial charge in [-0.15, -0.1) is 0 Å². The molecule has 18 heavy (non-hydrogen) atoms. The Morgan fingerprint density at radius 3 is 2.33 bits per heavy atom. The molecule has 2 aromatic rings. The van der Waals surface area contributed by atoms with Crippen LogP contribution in [0.1, 0.15) is 16.7 Å². The molecular formula is C16H18SSe. The molecule has 2 heteroatoms. The minimum atomic E-state index is 0.717. The Morgan fingerprint density at radius 1 is 0.889 bits per heavy atom. The molecule has 0 aliphatic rings. The van der Waals surface area contributed by atoms with Gasteiger partial charge >= 0.3 is 121 Å².